The first-order chi connectivity index (χ1) is 14.4. The Morgan fingerprint density at radius 3 is 2.37 bits per heavy atom. The second-order valence-corrected chi connectivity index (χ2v) is 7.59. The van der Waals surface area contributed by atoms with Gasteiger partial charge in [0.2, 0.25) is 0 Å². The second kappa shape index (κ2) is 11.9. The summed E-state index contributed by atoms with van der Waals surface area (Å²) in [4.78, 5) is 30.7. The molecule has 1 aromatic carbocycles. The topological polar surface area (TPSA) is 53.1 Å². The number of ether oxygens (including phenoxy) is 1. The fourth-order valence-corrected chi connectivity index (χ4v) is 3.63. The third-order valence-corrected chi connectivity index (χ3v) is 5.30. The number of carbonyl (C=O) groups is 2. The molecular weight excluding hydrogens is 425 g/mol. The molecule has 0 spiro atoms. The third kappa shape index (κ3) is 5.92. The van der Waals surface area contributed by atoms with E-state index in [9.17, 15) is 9.59 Å². The highest BCUT2D eigenvalue weighted by molar-refractivity contribution is 6.18. The number of amides is 2. The van der Waals surface area contributed by atoms with Gasteiger partial charge in [-0.2, -0.15) is 0 Å². The van der Waals surface area contributed by atoms with Gasteiger partial charge in [-0.3, -0.25) is 4.90 Å². The molecule has 0 radical (unpaired) electrons. The largest absolute Gasteiger partial charge is 0.462 e. The number of halogens is 2. The highest BCUT2D eigenvalue weighted by atomic mass is 35.5. The zero-order chi connectivity index (χ0) is 22.1. The van der Waals surface area contributed by atoms with Crippen molar-refractivity contribution in [3.05, 3.63) is 53.9 Å². The van der Waals surface area contributed by atoms with Crippen LogP contribution in [0.25, 0.3) is 0 Å². The quantitative estimate of drug-likeness (QED) is 0.390. The van der Waals surface area contributed by atoms with E-state index in [-0.39, 0.29) is 18.7 Å². The van der Waals surface area contributed by atoms with Crippen LogP contribution < -0.4 is 4.90 Å². The van der Waals surface area contributed by atoms with Gasteiger partial charge < -0.3 is 14.5 Å². The first-order valence-electron chi connectivity index (χ1n) is 10.0. The lowest BCUT2D eigenvalue weighted by Crippen LogP contribution is -2.38. The van der Waals surface area contributed by atoms with E-state index < -0.39 is 5.97 Å². The van der Waals surface area contributed by atoms with Crippen molar-refractivity contribution in [3.63, 3.8) is 0 Å². The molecule has 30 heavy (non-hydrogen) atoms. The molecule has 2 amide bonds. The minimum atomic E-state index is -0.420. The highest BCUT2D eigenvalue weighted by Crippen LogP contribution is 2.29. The van der Waals surface area contributed by atoms with Crippen molar-refractivity contribution in [3.8, 4) is 0 Å². The van der Waals surface area contributed by atoms with Crippen LogP contribution in [-0.2, 0) is 4.74 Å². The monoisotopic (exact) mass is 453 g/mol. The van der Waals surface area contributed by atoms with E-state index in [1.54, 1.807) is 37.3 Å². The van der Waals surface area contributed by atoms with Crippen molar-refractivity contribution < 1.29 is 14.3 Å². The average molecular weight is 454 g/mol. The van der Waals surface area contributed by atoms with Gasteiger partial charge in [-0.1, -0.05) is 18.2 Å². The number of hydrogen-bond donors (Lipinski definition) is 0. The zero-order valence-electron chi connectivity index (χ0n) is 17.7. The SMILES string of the molecule is CCOC(=O)c1cc(N(CCCl)CCCl)ccc1C(C)N(C)C(=O)N1C=CCC=C1. The fraction of sp³-hybridized carbons (Fsp3) is 0.455. The van der Waals surface area contributed by atoms with Crippen molar-refractivity contribution in [2.24, 2.45) is 0 Å². The van der Waals surface area contributed by atoms with Crippen LogP contribution in [0.1, 0.15) is 42.2 Å². The summed E-state index contributed by atoms with van der Waals surface area (Å²) in [6, 6.07) is 5.06. The summed E-state index contributed by atoms with van der Waals surface area (Å²) in [5, 5.41) is 0. The lowest BCUT2D eigenvalue weighted by atomic mass is 9.99. The number of nitrogens with zero attached hydrogens (tertiary/aromatic N) is 3. The summed E-state index contributed by atoms with van der Waals surface area (Å²) in [6.07, 6.45) is 8.13. The van der Waals surface area contributed by atoms with E-state index in [2.05, 4.69) is 0 Å². The van der Waals surface area contributed by atoms with Gasteiger partial charge in [-0.05, 0) is 38.0 Å². The van der Waals surface area contributed by atoms with Crippen LogP contribution >= 0.6 is 23.2 Å². The molecule has 0 saturated heterocycles. The van der Waals surface area contributed by atoms with Crippen LogP contribution in [0.4, 0.5) is 10.5 Å². The molecule has 6 nitrogen and oxygen atoms in total. The Balaban J connectivity index is 2.37. The van der Waals surface area contributed by atoms with E-state index in [4.69, 9.17) is 27.9 Å². The molecule has 1 heterocycles. The Labute approximate surface area is 188 Å². The molecule has 1 aromatic rings. The molecule has 164 valence electrons. The van der Waals surface area contributed by atoms with Crippen molar-refractivity contribution >= 4 is 40.9 Å². The van der Waals surface area contributed by atoms with Gasteiger partial charge >= 0.3 is 12.0 Å². The molecule has 2 rings (SSSR count). The van der Waals surface area contributed by atoms with E-state index in [1.807, 2.05) is 36.1 Å². The third-order valence-electron chi connectivity index (χ3n) is 4.96. The van der Waals surface area contributed by atoms with Crippen molar-refractivity contribution in [2.45, 2.75) is 26.3 Å². The molecule has 1 aliphatic heterocycles. The molecule has 0 bridgehead atoms. The highest BCUT2D eigenvalue weighted by Gasteiger charge is 2.26. The average Bonchev–Trinajstić information content (AvgIpc) is 2.77. The van der Waals surface area contributed by atoms with Crippen LogP contribution in [0.5, 0.6) is 0 Å². The molecule has 0 fully saturated rings. The number of hydrogen-bond acceptors (Lipinski definition) is 4. The predicted octanol–water partition coefficient (Wildman–Crippen LogP) is 4.99. The summed E-state index contributed by atoms with van der Waals surface area (Å²) >= 11 is 11.9. The van der Waals surface area contributed by atoms with Gasteiger partial charge in [0.25, 0.3) is 0 Å². The standard InChI is InChI=1S/C22H29Cl2N3O3/c1-4-30-21(28)20-16-18(26(14-10-23)15-11-24)8-9-19(20)17(2)25(3)22(29)27-12-6-5-7-13-27/h6-9,12-13,16-17H,4-5,10-11,14-15H2,1-3H3. The van der Waals surface area contributed by atoms with Gasteiger partial charge in [-0.25, -0.2) is 9.59 Å². The summed E-state index contributed by atoms with van der Waals surface area (Å²) in [6.45, 7) is 5.14. The number of allylic oxidation sites excluding steroid dienone is 2. The smallest absolute Gasteiger partial charge is 0.338 e. The Kier molecular flexibility index (Phi) is 9.53. The van der Waals surface area contributed by atoms with Crippen LogP contribution in [0.3, 0.4) is 0 Å². The molecule has 8 heteroatoms. The van der Waals surface area contributed by atoms with Gasteiger partial charge in [0.05, 0.1) is 18.2 Å². The number of carbonyl (C=O) groups excluding carboxylic acids is 2. The number of esters is 1. The normalized spacial score (nSPS) is 13.8. The summed E-state index contributed by atoms with van der Waals surface area (Å²) in [5.74, 6) is 0.465. The van der Waals surface area contributed by atoms with E-state index in [1.165, 1.54) is 4.90 Å². The Hall–Kier alpha value is -2.18. The molecule has 0 aromatic heterocycles. The molecule has 0 aliphatic carbocycles. The molecule has 1 atom stereocenters. The minimum absolute atomic E-state index is 0.181. The Bertz CT molecular complexity index is 780. The summed E-state index contributed by atoms with van der Waals surface area (Å²) in [5.41, 5.74) is 1.99. The minimum Gasteiger partial charge on any atom is -0.462 e. The van der Waals surface area contributed by atoms with E-state index in [0.717, 1.165) is 17.7 Å². The van der Waals surface area contributed by atoms with Crippen molar-refractivity contribution in [1.82, 2.24) is 9.80 Å². The van der Waals surface area contributed by atoms with Gasteiger partial charge in [0.1, 0.15) is 0 Å². The number of anilines is 1. The fourth-order valence-electron chi connectivity index (χ4n) is 3.23. The molecule has 1 aliphatic rings. The van der Waals surface area contributed by atoms with E-state index in [0.29, 0.717) is 30.4 Å². The Morgan fingerprint density at radius 1 is 1.17 bits per heavy atom. The number of urea groups is 1. The summed E-state index contributed by atoms with van der Waals surface area (Å²) in [7, 11) is 1.72. The first-order valence-corrected chi connectivity index (χ1v) is 11.1. The number of benzene rings is 1. The van der Waals surface area contributed by atoms with Gasteiger partial charge in [-0.15, -0.1) is 23.2 Å². The molecular formula is C22H29Cl2N3O3. The maximum absolute atomic E-state index is 12.9. The Morgan fingerprint density at radius 2 is 1.80 bits per heavy atom. The number of alkyl halides is 2. The van der Waals surface area contributed by atoms with Crippen LogP contribution in [0.2, 0.25) is 0 Å². The maximum Gasteiger partial charge on any atom is 0.338 e. The van der Waals surface area contributed by atoms with Gasteiger partial charge in [0.15, 0.2) is 0 Å². The van der Waals surface area contributed by atoms with Crippen LogP contribution in [0, 0.1) is 0 Å². The molecule has 0 N–H and O–H groups in total. The lowest BCUT2D eigenvalue weighted by Gasteiger charge is -2.31. The number of rotatable bonds is 9. The predicted molar refractivity (Wildman–Crippen MR) is 122 cm³/mol. The summed E-state index contributed by atoms with van der Waals surface area (Å²) < 4.78 is 5.28. The molecule has 0 saturated carbocycles. The molecule has 1 unspecified atom stereocenters. The first kappa shape index (κ1) is 24.1. The van der Waals surface area contributed by atoms with Crippen LogP contribution in [-0.4, -0.2) is 60.3 Å². The van der Waals surface area contributed by atoms with Gasteiger partial charge in [0, 0.05) is 50.0 Å². The second-order valence-electron chi connectivity index (χ2n) is 6.84. The van der Waals surface area contributed by atoms with Crippen LogP contribution in [0.15, 0.2) is 42.8 Å². The van der Waals surface area contributed by atoms with Crippen molar-refractivity contribution in [2.75, 3.05) is 43.4 Å². The zero-order valence-corrected chi connectivity index (χ0v) is 19.2. The lowest BCUT2D eigenvalue weighted by molar-refractivity contribution is 0.0523. The van der Waals surface area contributed by atoms with Crippen molar-refractivity contribution in [1.29, 1.82) is 0 Å². The van der Waals surface area contributed by atoms with E-state index >= 15 is 0 Å². The maximum atomic E-state index is 12.9.